The van der Waals surface area contributed by atoms with Crippen molar-refractivity contribution in [1.82, 2.24) is 10.6 Å². The summed E-state index contributed by atoms with van der Waals surface area (Å²) >= 11 is 5.98. The van der Waals surface area contributed by atoms with Crippen LogP contribution >= 0.6 is 35.6 Å². The summed E-state index contributed by atoms with van der Waals surface area (Å²) in [5, 5.41) is 16.5. The van der Waals surface area contributed by atoms with Gasteiger partial charge in [0.05, 0.1) is 13.7 Å². The molecule has 0 bridgehead atoms. The van der Waals surface area contributed by atoms with Crippen LogP contribution in [0.2, 0.25) is 5.02 Å². The number of nitrogens with zero attached hydrogens (tertiary/aromatic N) is 1. The predicted molar refractivity (Wildman–Crippen MR) is 111 cm³/mol. The average Bonchev–Trinajstić information content (AvgIpc) is 3.05. The topological polar surface area (TPSA) is 75.1 Å². The molecule has 0 amide bonds. The number of benzene rings is 1. The Morgan fingerprint density at radius 1 is 1.44 bits per heavy atom. The van der Waals surface area contributed by atoms with Crippen LogP contribution < -0.4 is 15.4 Å². The number of guanidine groups is 1. The SMILES string of the molecule is CN=C(NCc1ccc(Cl)cc1OC)NCC1(CCO)CCOC1.I. The normalized spacial score (nSPS) is 20.1. The molecule has 0 aliphatic carbocycles. The lowest BCUT2D eigenvalue weighted by molar-refractivity contribution is 0.127. The van der Waals surface area contributed by atoms with Crippen molar-refractivity contribution in [3.05, 3.63) is 28.8 Å². The molecule has 2 rings (SSSR count). The first-order chi connectivity index (χ1) is 11.6. The van der Waals surface area contributed by atoms with Crippen LogP contribution in [-0.4, -0.2) is 51.6 Å². The fourth-order valence-electron chi connectivity index (χ4n) is 2.85. The van der Waals surface area contributed by atoms with Gasteiger partial charge in [0.15, 0.2) is 5.96 Å². The minimum absolute atomic E-state index is 0. The summed E-state index contributed by atoms with van der Waals surface area (Å²) in [5.74, 6) is 1.45. The molecule has 0 radical (unpaired) electrons. The maximum absolute atomic E-state index is 9.29. The summed E-state index contributed by atoms with van der Waals surface area (Å²) in [7, 11) is 3.36. The van der Waals surface area contributed by atoms with Gasteiger partial charge in [-0.2, -0.15) is 0 Å². The minimum Gasteiger partial charge on any atom is -0.496 e. The Morgan fingerprint density at radius 2 is 2.24 bits per heavy atom. The lowest BCUT2D eigenvalue weighted by atomic mass is 9.84. The van der Waals surface area contributed by atoms with Gasteiger partial charge in [-0.1, -0.05) is 17.7 Å². The first-order valence-electron chi connectivity index (χ1n) is 8.08. The van der Waals surface area contributed by atoms with E-state index in [4.69, 9.17) is 21.1 Å². The third-order valence-corrected chi connectivity index (χ3v) is 4.61. The fourth-order valence-corrected chi connectivity index (χ4v) is 3.01. The number of aliphatic imine (C=N–C) groups is 1. The van der Waals surface area contributed by atoms with E-state index in [-0.39, 0.29) is 36.0 Å². The largest absolute Gasteiger partial charge is 0.496 e. The van der Waals surface area contributed by atoms with E-state index in [0.29, 0.717) is 30.7 Å². The van der Waals surface area contributed by atoms with E-state index in [9.17, 15) is 5.11 Å². The molecule has 1 fully saturated rings. The van der Waals surface area contributed by atoms with E-state index < -0.39 is 0 Å². The van der Waals surface area contributed by atoms with E-state index in [2.05, 4.69) is 15.6 Å². The molecule has 0 saturated carbocycles. The number of rotatable bonds is 7. The Hall–Kier alpha value is -0.770. The Labute approximate surface area is 171 Å². The average molecular weight is 484 g/mol. The number of hydrogen-bond donors (Lipinski definition) is 3. The molecule has 0 aromatic heterocycles. The zero-order chi connectivity index (χ0) is 17.4. The van der Waals surface area contributed by atoms with Crippen LogP contribution in [0, 0.1) is 5.41 Å². The molecule has 25 heavy (non-hydrogen) atoms. The molecular formula is C17H27ClIN3O3. The molecule has 0 spiro atoms. The van der Waals surface area contributed by atoms with Crippen molar-refractivity contribution in [3.8, 4) is 5.75 Å². The number of methoxy groups -OCH3 is 1. The van der Waals surface area contributed by atoms with Crippen LogP contribution in [0.25, 0.3) is 0 Å². The molecule has 8 heteroatoms. The first-order valence-corrected chi connectivity index (χ1v) is 8.46. The molecule has 1 aromatic carbocycles. The molecule has 1 aliphatic heterocycles. The number of halogens is 2. The van der Waals surface area contributed by atoms with Gasteiger partial charge in [-0.05, 0) is 25.0 Å². The van der Waals surface area contributed by atoms with Gasteiger partial charge >= 0.3 is 0 Å². The second-order valence-corrected chi connectivity index (χ2v) is 6.45. The van der Waals surface area contributed by atoms with Crippen LogP contribution in [0.3, 0.4) is 0 Å². The first kappa shape index (κ1) is 22.3. The highest BCUT2D eigenvalue weighted by Crippen LogP contribution is 2.31. The zero-order valence-electron chi connectivity index (χ0n) is 14.7. The van der Waals surface area contributed by atoms with Gasteiger partial charge in [0, 0.05) is 49.4 Å². The lowest BCUT2D eigenvalue weighted by Crippen LogP contribution is -2.44. The van der Waals surface area contributed by atoms with Gasteiger partial charge in [-0.15, -0.1) is 24.0 Å². The maximum Gasteiger partial charge on any atom is 0.191 e. The van der Waals surface area contributed by atoms with Crippen LogP contribution in [0.4, 0.5) is 0 Å². The fraction of sp³-hybridized carbons (Fsp3) is 0.588. The third-order valence-electron chi connectivity index (χ3n) is 4.38. The summed E-state index contributed by atoms with van der Waals surface area (Å²) in [6.07, 6.45) is 1.67. The second-order valence-electron chi connectivity index (χ2n) is 6.01. The molecule has 1 unspecified atom stereocenters. The summed E-state index contributed by atoms with van der Waals surface area (Å²) in [4.78, 5) is 4.25. The van der Waals surface area contributed by atoms with Crippen LogP contribution in [-0.2, 0) is 11.3 Å². The molecule has 1 aliphatic rings. The van der Waals surface area contributed by atoms with Crippen molar-refractivity contribution in [1.29, 1.82) is 0 Å². The number of aliphatic hydroxyl groups is 1. The zero-order valence-corrected chi connectivity index (χ0v) is 17.8. The highest BCUT2D eigenvalue weighted by molar-refractivity contribution is 14.0. The molecule has 6 nitrogen and oxygen atoms in total. The highest BCUT2D eigenvalue weighted by Gasteiger charge is 2.34. The van der Waals surface area contributed by atoms with Crippen molar-refractivity contribution in [2.24, 2.45) is 10.4 Å². The monoisotopic (exact) mass is 483 g/mol. The van der Waals surface area contributed by atoms with E-state index in [1.165, 1.54) is 0 Å². The van der Waals surface area contributed by atoms with E-state index >= 15 is 0 Å². The Kier molecular flexibility index (Phi) is 9.84. The maximum atomic E-state index is 9.29. The summed E-state index contributed by atoms with van der Waals surface area (Å²) < 4.78 is 10.9. The second kappa shape index (κ2) is 11.1. The van der Waals surface area contributed by atoms with E-state index in [0.717, 1.165) is 30.8 Å². The van der Waals surface area contributed by atoms with Crippen LogP contribution in [0.5, 0.6) is 5.75 Å². The Balaban J connectivity index is 0.00000312. The third kappa shape index (κ3) is 6.47. The minimum atomic E-state index is -0.0235. The summed E-state index contributed by atoms with van der Waals surface area (Å²) in [5.41, 5.74) is 0.976. The molecule has 1 heterocycles. The molecular weight excluding hydrogens is 457 g/mol. The molecule has 1 saturated heterocycles. The van der Waals surface area contributed by atoms with E-state index in [1.807, 2.05) is 12.1 Å². The quantitative estimate of drug-likeness (QED) is 0.316. The van der Waals surface area contributed by atoms with Crippen LogP contribution in [0.1, 0.15) is 18.4 Å². The smallest absolute Gasteiger partial charge is 0.191 e. The van der Waals surface area contributed by atoms with Gasteiger partial charge in [-0.3, -0.25) is 4.99 Å². The van der Waals surface area contributed by atoms with Crippen molar-refractivity contribution >= 4 is 41.5 Å². The summed E-state index contributed by atoms with van der Waals surface area (Å²) in [6, 6.07) is 5.56. The van der Waals surface area contributed by atoms with Gasteiger partial charge in [0.2, 0.25) is 0 Å². The number of ether oxygens (including phenoxy) is 2. The van der Waals surface area contributed by atoms with Crippen molar-refractivity contribution < 1.29 is 14.6 Å². The van der Waals surface area contributed by atoms with Gasteiger partial charge < -0.3 is 25.2 Å². The number of hydrogen-bond acceptors (Lipinski definition) is 4. The van der Waals surface area contributed by atoms with Crippen molar-refractivity contribution in [2.75, 3.05) is 40.5 Å². The molecule has 1 atom stereocenters. The standard InChI is InChI=1S/C17H26ClN3O3.HI/c1-19-16(21-11-17(5-7-22)6-8-24-12-17)20-10-13-3-4-14(18)9-15(13)23-2;/h3-4,9,22H,5-8,10-12H2,1-2H3,(H2,19,20,21);1H. The highest BCUT2D eigenvalue weighted by atomic mass is 127. The molecule has 1 aromatic rings. The Morgan fingerprint density at radius 3 is 2.84 bits per heavy atom. The molecule has 3 N–H and O–H groups in total. The number of nitrogens with one attached hydrogen (secondary N) is 2. The van der Waals surface area contributed by atoms with Crippen molar-refractivity contribution in [2.45, 2.75) is 19.4 Å². The van der Waals surface area contributed by atoms with Crippen molar-refractivity contribution in [3.63, 3.8) is 0 Å². The van der Waals surface area contributed by atoms with Gasteiger partial charge in [0.25, 0.3) is 0 Å². The Bertz CT molecular complexity index is 566. The van der Waals surface area contributed by atoms with Gasteiger partial charge in [0.1, 0.15) is 5.75 Å². The number of aliphatic hydroxyl groups excluding tert-OH is 1. The van der Waals surface area contributed by atoms with Gasteiger partial charge in [-0.25, -0.2) is 0 Å². The van der Waals surface area contributed by atoms with E-state index in [1.54, 1.807) is 20.2 Å². The summed E-state index contributed by atoms with van der Waals surface area (Å²) in [6.45, 7) is 2.87. The predicted octanol–water partition coefficient (Wildman–Crippen LogP) is 2.42. The molecule has 142 valence electrons. The lowest BCUT2D eigenvalue weighted by Gasteiger charge is -2.27. The van der Waals surface area contributed by atoms with Crippen LogP contribution in [0.15, 0.2) is 23.2 Å².